The third-order valence-electron chi connectivity index (χ3n) is 2.68. The van der Waals surface area contributed by atoms with Crippen molar-refractivity contribution in [3.63, 3.8) is 0 Å². The Hall–Kier alpha value is -2.08. The van der Waals surface area contributed by atoms with Crippen LogP contribution >= 0.6 is 0 Å². The number of rotatable bonds is 5. The van der Waals surface area contributed by atoms with Crippen molar-refractivity contribution in [2.75, 3.05) is 12.5 Å². The number of para-hydroxylation sites is 1. The van der Waals surface area contributed by atoms with Gasteiger partial charge in [-0.05, 0) is 38.8 Å². The molecular formula is C15H22N2O4. The van der Waals surface area contributed by atoms with Crippen LogP contribution in [0.1, 0.15) is 26.3 Å². The molecule has 0 unspecified atom stereocenters. The van der Waals surface area contributed by atoms with Crippen molar-refractivity contribution in [2.45, 2.75) is 32.8 Å². The summed E-state index contributed by atoms with van der Waals surface area (Å²) in [6.07, 6.45) is 0.112. The van der Waals surface area contributed by atoms with E-state index in [1.165, 1.54) is 0 Å². The molecule has 1 rings (SSSR count). The Bertz CT molecular complexity index is 509. The minimum Gasteiger partial charge on any atom is -0.459 e. The van der Waals surface area contributed by atoms with Crippen molar-refractivity contribution in [1.29, 1.82) is 0 Å². The van der Waals surface area contributed by atoms with Gasteiger partial charge < -0.3 is 15.2 Å². The van der Waals surface area contributed by atoms with Gasteiger partial charge in [0.25, 0.3) is 0 Å². The van der Waals surface area contributed by atoms with Crippen LogP contribution in [0.5, 0.6) is 0 Å². The molecule has 0 aliphatic heterocycles. The largest absolute Gasteiger partial charge is 0.459 e. The van der Waals surface area contributed by atoms with E-state index in [0.29, 0.717) is 11.3 Å². The number of nitrogens with two attached hydrogens (primary N) is 2. The van der Waals surface area contributed by atoms with E-state index < -0.39 is 23.5 Å². The fourth-order valence-corrected chi connectivity index (χ4v) is 1.76. The number of carbonyl (C=O) groups excluding carboxylic acids is 2. The van der Waals surface area contributed by atoms with Crippen molar-refractivity contribution in [1.82, 2.24) is 0 Å². The zero-order chi connectivity index (χ0) is 16.0. The van der Waals surface area contributed by atoms with Crippen LogP contribution < -0.4 is 11.5 Å². The molecule has 0 bridgehead atoms. The van der Waals surface area contributed by atoms with E-state index >= 15 is 0 Å². The van der Waals surface area contributed by atoms with E-state index in [0.717, 1.165) is 0 Å². The number of esters is 2. The van der Waals surface area contributed by atoms with Gasteiger partial charge >= 0.3 is 11.9 Å². The zero-order valence-corrected chi connectivity index (χ0v) is 12.6. The van der Waals surface area contributed by atoms with Crippen molar-refractivity contribution in [2.24, 2.45) is 11.7 Å². The van der Waals surface area contributed by atoms with Crippen LogP contribution in [0.2, 0.25) is 0 Å². The van der Waals surface area contributed by atoms with E-state index in [2.05, 4.69) is 0 Å². The summed E-state index contributed by atoms with van der Waals surface area (Å²) in [7, 11) is 0. The predicted molar refractivity (Wildman–Crippen MR) is 79.0 cm³/mol. The van der Waals surface area contributed by atoms with Gasteiger partial charge in [0.1, 0.15) is 12.3 Å². The summed E-state index contributed by atoms with van der Waals surface area (Å²) in [5.41, 5.74) is 11.5. The van der Waals surface area contributed by atoms with Crippen LogP contribution in [0, 0.1) is 5.92 Å². The van der Waals surface area contributed by atoms with Gasteiger partial charge in [-0.15, -0.1) is 0 Å². The molecule has 116 valence electrons. The van der Waals surface area contributed by atoms with Crippen molar-refractivity contribution >= 4 is 17.6 Å². The third kappa shape index (κ3) is 5.43. The highest BCUT2D eigenvalue weighted by atomic mass is 16.6. The second kappa shape index (κ2) is 7.08. The first-order valence-electron chi connectivity index (χ1n) is 6.67. The lowest BCUT2D eigenvalue weighted by atomic mass is 9.98. The topological polar surface area (TPSA) is 105 Å². The summed E-state index contributed by atoms with van der Waals surface area (Å²) in [6.45, 7) is 4.90. The first kappa shape index (κ1) is 17.0. The average Bonchev–Trinajstić information content (AvgIpc) is 2.35. The fraction of sp³-hybridized carbons (Fsp3) is 0.467. The summed E-state index contributed by atoms with van der Waals surface area (Å²) in [4.78, 5) is 24.1. The highest BCUT2D eigenvalue weighted by molar-refractivity contribution is 5.95. The van der Waals surface area contributed by atoms with Gasteiger partial charge in [0.05, 0.1) is 0 Å². The fourth-order valence-electron chi connectivity index (χ4n) is 1.76. The highest BCUT2D eigenvalue weighted by Gasteiger charge is 2.33. The van der Waals surface area contributed by atoms with Crippen LogP contribution in [0.25, 0.3) is 0 Å². The lowest BCUT2D eigenvalue weighted by Gasteiger charge is -2.23. The summed E-state index contributed by atoms with van der Waals surface area (Å²) in [5.74, 6) is -2.45. The van der Waals surface area contributed by atoms with E-state index in [9.17, 15) is 9.59 Å². The Morgan fingerprint density at radius 1 is 1.19 bits per heavy atom. The number of benzene rings is 1. The van der Waals surface area contributed by atoms with Gasteiger partial charge in [0.2, 0.25) is 0 Å². The van der Waals surface area contributed by atoms with Crippen LogP contribution in [-0.2, 0) is 25.5 Å². The van der Waals surface area contributed by atoms with Crippen LogP contribution in [0.15, 0.2) is 24.3 Å². The molecule has 0 heterocycles. The molecule has 4 N–H and O–H groups in total. The van der Waals surface area contributed by atoms with Gasteiger partial charge in [0.15, 0.2) is 5.92 Å². The van der Waals surface area contributed by atoms with Crippen molar-refractivity contribution < 1.29 is 19.1 Å². The lowest BCUT2D eigenvalue weighted by molar-refractivity contribution is -0.169. The van der Waals surface area contributed by atoms with Gasteiger partial charge in [-0.2, -0.15) is 0 Å². The Kier molecular flexibility index (Phi) is 5.72. The number of hydrogen-bond donors (Lipinski definition) is 2. The first-order valence-corrected chi connectivity index (χ1v) is 6.67. The quantitative estimate of drug-likeness (QED) is 0.366. The summed E-state index contributed by atoms with van der Waals surface area (Å²) in [5, 5.41) is 0. The molecule has 0 saturated heterocycles. The maximum Gasteiger partial charge on any atom is 0.321 e. The monoisotopic (exact) mass is 294 g/mol. The molecular weight excluding hydrogens is 272 g/mol. The van der Waals surface area contributed by atoms with Crippen molar-refractivity contribution in [3.8, 4) is 0 Å². The molecule has 6 heteroatoms. The average molecular weight is 294 g/mol. The zero-order valence-electron chi connectivity index (χ0n) is 12.6. The number of ether oxygens (including phenoxy) is 2. The molecule has 0 amide bonds. The molecule has 6 nitrogen and oxygen atoms in total. The molecule has 1 aromatic rings. The Labute approximate surface area is 124 Å². The smallest absolute Gasteiger partial charge is 0.321 e. The molecule has 0 radical (unpaired) electrons. The van der Waals surface area contributed by atoms with Gasteiger partial charge in [0, 0.05) is 5.69 Å². The summed E-state index contributed by atoms with van der Waals surface area (Å²) < 4.78 is 10.0. The standard InChI is InChI=1S/C15H22N2O4/c1-15(2,3)21-14(19)11(13(18)20-9-16)8-10-6-4-5-7-12(10)17/h4-7,11H,8-9,16-17H2,1-3H3/t11-/m1/s1. The van der Waals surface area contributed by atoms with Crippen LogP contribution in [0.4, 0.5) is 5.69 Å². The van der Waals surface area contributed by atoms with E-state index in [1.54, 1.807) is 45.0 Å². The molecule has 0 aliphatic rings. The van der Waals surface area contributed by atoms with E-state index in [-0.39, 0.29) is 13.2 Å². The van der Waals surface area contributed by atoms with Crippen molar-refractivity contribution in [3.05, 3.63) is 29.8 Å². The minimum atomic E-state index is -1.09. The predicted octanol–water partition coefficient (Wildman–Crippen LogP) is 1.23. The summed E-state index contributed by atoms with van der Waals surface area (Å²) >= 11 is 0. The second-order valence-electron chi connectivity index (χ2n) is 5.62. The molecule has 0 fully saturated rings. The Morgan fingerprint density at radius 3 is 2.33 bits per heavy atom. The molecule has 1 atom stereocenters. The third-order valence-corrected chi connectivity index (χ3v) is 2.68. The molecule has 21 heavy (non-hydrogen) atoms. The molecule has 0 aromatic heterocycles. The maximum absolute atomic E-state index is 12.2. The maximum atomic E-state index is 12.2. The normalized spacial score (nSPS) is 12.6. The van der Waals surface area contributed by atoms with Gasteiger partial charge in [-0.3, -0.25) is 15.3 Å². The molecule has 0 saturated carbocycles. The van der Waals surface area contributed by atoms with Gasteiger partial charge in [-0.1, -0.05) is 18.2 Å². The van der Waals surface area contributed by atoms with Crippen LogP contribution in [0.3, 0.4) is 0 Å². The number of carbonyl (C=O) groups is 2. The number of hydrogen-bond acceptors (Lipinski definition) is 6. The van der Waals surface area contributed by atoms with E-state index in [4.69, 9.17) is 20.9 Å². The van der Waals surface area contributed by atoms with E-state index in [1.807, 2.05) is 0 Å². The Morgan fingerprint density at radius 2 is 1.81 bits per heavy atom. The first-order chi connectivity index (χ1) is 9.74. The minimum absolute atomic E-state index is 0.112. The second-order valence-corrected chi connectivity index (χ2v) is 5.62. The molecule has 0 aliphatic carbocycles. The van der Waals surface area contributed by atoms with Crippen LogP contribution in [-0.4, -0.2) is 24.3 Å². The number of anilines is 1. The SMILES string of the molecule is CC(C)(C)OC(=O)[C@H](Cc1ccccc1N)C(=O)OCN. The van der Waals surface area contributed by atoms with Gasteiger partial charge in [-0.25, -0.2) is 0 Å². The molecule has 1 aromatic carbocycles. The molecule has 0 spiro atoms. The highest BCUT2D eigenvalue weighted by Crippen LogP contribution is 2.20. The number of nitrogen functional groups attached to an aromatic ring is 1. The Balaban J connectivity index is 2.95. The lowest BCUT2D eigenvalue weighted by Crippen LogP contribution is -2.35. The summed E-state index contributed by atoms with van der Waals surface area (Å²) in [6, 6.07) is 7.02.